The average Bonchev–Trinajstić information content (AvgIpc) is 3.13. The molecule has 4 aliphatic rings. The number of benzene rings is 1. The zero-order chi connectivity index (χ0) is 21.2. The number of carbonyl (C=O) groups is 1. The van der Waals surface area contributed by atoms with Crippen LogP contribution in [0, 0.1) is 5.92 Å². The summed E-state index contributed by atoms with van der Waals surface area (Å²) in [5, 5.41) is 0. The minimum Gasteiger partial charge on any atom is -0.446 e. The van der Waals surface area contributed by atoms with Gasteiger partial charge in [0.15, 0.2) is 0 Å². The van der Waals surface area contributed by atoms with Gasteiger partial charge in [0.05, 0.1) is 5.69 Å². The van der Waals surface area contributed by atoms with Crippen LogP contribution in [0.5, 0.6) is 0 Å². The zero-order valence-corrected chi connectivity index (χ0v) is 18.2. The number of amides is 1. The molecule has 0 N–H and O–H groups in total. The summed E-state index contributed by atoms with van der Waals surface area (Å²) in [6, 6.07) is 12.2. The summed E-state index contributed by atoms with van der Waals surface area (Å²) in [5.74, 6) is 1.24. The maximum Gasteiger partial charge on any atom is 0.410 e. The summed E-state index contributed by atoms with van der Waals surface area (Å²) in [6.07, 6.45) is 4.99. The molecular weight excluding hydrogens is 390 g/mol. The third-order valence-electron chi connectivity index (χ3n) is 7.00. The van der Waals surface area contributed by atoms with Gasteiger partial charge in [-0.05, 0) is 51.3 Å². The number of piperidine rings is 1. The van der Waals surface area contributed by atoms with Gasteiger partial charge in [0.2, 0.25) is 5.95 Å². The van der Waals surface area contributed by atoms with Gasteiger partial charge >= 0.3 is 6.09 Å². The molecule has 2 atom stereocenters. The van der Waals surface area contributed by atoms with Crippen molar-refractivity contribution in [1.29, 1.82) is 0 Å². The summed E-state index contributed by atoms with van der Waals surface area (Å²) in [4.78, 5) is 28.8. The Labute approximate surface area is 184 Å². The molecule has 2 aromatic rings. The lowest BCUT2D eigenvalue weighted by atomic mass is 9.93. The van der Waals surface area contributed by atoms with E-state index in [-0.39, 0.29) is 18.2 Å². The normalized spacial score (nSPS) is 28.3. The van der Waals surface area contributed by atoms with E-state index in [4.69, 9.17) is 9.72 Å². The lowest BCUT2D eigenvalue weighted by Gasteiger charge is -2.40. The molecule has 0 radical (unpaired) electrons. The molecule has 4 fully saturated rings. The van der Waals surface area contributed by atoms with Crippen molar-refractivity contribution < 1.29 is 9.53 Å². The van der Waals surface area contributed by atoms with Gasteiger partial charge in [0.25, 0.3) is 0 Å². The van der Waals surface area contributed by atoms with Crippen molar-refractivity contribution >= 4 is 12.0 Å². The highest BCUT2D eigenvalue weighted by Crippen LogP contribution is 2.30. The Balaban J connectivity index is 1.22. The first-order chi connectivity index (χ1) is 15.2. The molecule has 7 nitrogen and oxygen atoms in total. The minimum absolute atomic E-state index is 0.0687. The molecule has 2 bridgehead atoms. The van der Waals surface area contributed by atoms with E-state index in [0.717, 1.165) is 56.1 Å². The smallest absolute Gasteiger partial charge is 0.410 e. The Hall–Kier alpha value is -2.67. The third kappa shape index (κ3) is 4.37. The van der Waals surface area contributed by atoms with Crippen LogP contribution < -0.4 is 4.90 Å². The molecule has 7 heteroatoms. The van der Waals surface area contributed by atoms with Gasteiger partial charge in [-0.15, -0.1) is 0 Å². The van der Waals surface area contributed by atoms with E-state index in [1.165, 1.54) is 0 Å². The number of piperazine rings is 1. The molecule has 6 rings (SSSR count). The molecule has 31 heavy (non-hydrogen) atoms. The Kier molecular flexibility index (Phi) is 5.76. The topological polar surface area (TPSA) is 61.8 Å². The van der Waals surface area contributed by atoms with Crippen molar-refractivity contribution in [3.05, 3.63) is 42.6 Å². The van der Waals surface area contributed by atoms with E-state index in [2.05, 4.69) is 33.8 Å². The third-order valence-corrected chi connectivity index (χ3v) is 7.00. The number of anilines is 1. The van der Waals surface area contributed by atoms with Crippen molar-refractivity contribution in [2.45, 2.75) is 38.3 Å². The summed E-state index contributed by atoms with van der Waals surface area (Å²) in [6.45, 7) is 7.43. The van der Waals surface area contributed by atoms with Gasteiger partial charge < -0.3 is 19.4 Å². The molecule has 164 valence electrons. The fourth-order valence-corrected chi connectivity index (χ4v) is 5.13. The highest BCUT2D eigenvalue weighted by molar-refractivity contribution is 5.68. The van der Waals surface area contributed by atoms with Crippen LogP contribution in [-0.4, -0.2) is 77.3 Å². The van der Waals surface area contributed by atoms with E-state index >= 15 is 0 Å². The van der Waals surface area contributed by atoms with Gasteiger partial charge in [-0.3, -0.25) is 0 Å². The van der Waals surface area contributed by atoms with Gasteiger partial charge in [-0.2, -0.15) is 0 Å². The van der Waals surface area contributed by atoms with Crippen molar-refractivity contribution in [3.8, 4) is 11.3 Å². The van der Waals surface area contributed by atoms with Gasteiger partial charge in [0.1, 0.15) is 6.10 Å². The molecular formula is C24H31N5O2. The number of ether oxygens (including phenoxy) is 1. The van der Waals surface area contributed by atoms with Gasteiger partial charge in [-0.1, -0.05) is 30.3 Å². The van der Waals surface area contributed by atoms with Gasteiger partial charge in [-0.25, -0.2) is 14.8 Å². The van der Waals surface area contributed by atoms with Crippen molar-refractivity contribution in [2.24, 2.45) is 5.92 Å². The Morgan fingerprint density at radius 1 is 1.00 bits per heavy atom. The Bertz CT molecular complexity index is 900. The molecule has 0 aliphatic carbocycles. The molecule has 1 aromatic carbocycles. The summed E-state index contributed by atoms with van der Waals surface area (Å²) < 4.78 is 6.02. The van der Waals surface area contributed by atoms with Crippen molar-refractivity contribution in [1.82, 2.24) is 19.8 Å². The number of aromatic nitrogens is 2. The number of fused-ring (bicyclic) bond motifs is 4. The Morgan fingerprint density at radius 2 is 1.77 bits per heavy atom. The first-order valence-corrected chi connectivity index (χ1v) is 11.5. The second kappa shape index (κ2) is 8.83. The summed E-state index contributed by atoms with van der Waals surface area (Å²) in [7, 11) is 0. The zero-order valence-electron chi connectivity index (χ0n) is 18.2. The first-order valence-electron chi connectivity index (χ1n) is 11.5. The number of rotatable bonds is 3. The molecule has 2 unspecified atom stereocenters. The lowest BCUT2D eigenvalue weighted by Crippen LogP contribution is -2.55. The monoisotopic (exact) mass is 421 g/mol. The number of hydrogen-bond acceptors (Lipinski definition) is 6. The highest BCUT2D eigenvalue weighted by Gasteiger charge is 2.36. The van der Waals surface area contributed by atoms with Crippen LogP contribution >= 0.6 is 0 Å². The molecule has 4 aliphatic heterocycles. The predicted molar refractivity (Wildman–Crippen MR) is 120 cm³/mol. The second-order valence-corrected chi connectivity index (χ2v) is 8.99. The second-order valence-electron chi connectivity index (χ2n) is 8.99. The van der Waals surface area contributed by atoms with E-state index < -0.39 is 0 Å². The van der Waals surface area contributed by atoms with Crippen LogP contribution in [0.1, 0.15) is 26.2 Å². The maximum atomic E-state index is 12.9. The fraction of sp³-hybridized carbons (Fsp3) is 0.542. The van der Waals surface area contributed by atoms with Crippen LogP contribution in [0.3, 0.4) is 0 Å². The fourth-order valence-electron chi connectivity index (χ4n) is 5.13. The van der Waals surface area contributed by atoms with E-state index in [9.17, 15) is 4.79 Å². The van der Waals surface area contributed by atoms with Crippen molar-refractivity contribution in [2.75, 3.05) is 44.2 Å². The SMILES string of the molecule is CC1CN(C(=O)OC2CCN3CCC2CC3)CCN1c1nccc(-c2ccccc2)n1. The number of nitrogens with zero attached hydrogens (tertiary/aromatic N) is 5. The Morgan fingerprint density at radius 3 is 2.55 bits per heavy atom. The van der Waals surface area contributed by atoms with Crippen LogP contribution in [0.25, 0.3) is 11.3 Å². The molecule has 4 saturated heterocycles. The quantitative estimate of drug-likeness (QED) is 0.758. The van der Waals surface area contributed by atoms with E-state index in [1.807, 2.05) is 35.4 Å². The molecule has 1 amide bonds. The summed E-state index contributed by atoms with van der Waals surface area (Å²) in [5.41, 5.74) is 1.99. The largest absolute Gasteiger partial charge is 0.446 e. The van der Waals surface area contributed by atoms with Crippen molar-refractivity contribution in [3.63, 3.8) is 0 Å². The lowest BCUT2D eigenvalue weighted by molar-refractivity contribution is 0.0279. The predicted octanol–water partition coefficient (Wildman–Crippen LogP) is 3.28. The average molecular weight is 422 g/mol. The number of hydrogen-bond donors (Lipinski definition) is 0. The number of carbonyl (C=O) groups excluding carboxylic acids is 1. The summed E-state index contributed by atoms with van der Waals surface area (Å²) >= 11 is 0. The first kappa shape index (κ1) is 20.2. The molecule has 1 aromatic heterocycles. The van der Waals surface area contributed by atoms with E-state index in [1.54, 1.807) is 0 Å². The standard InChI is InChI=1S/C24H31N5O2/c1-18-17-28(24(30)31-22-10-14-27-12-8-20(22)9-13-27)15-16-29(18)23-25-11-7-21(26-23)19-5-3-2-4-6-19/h2-7,11,18,20,22H,8-10,12-17H2,1H3. The molecule has 0 spiro atoms. The minimum atomic E-state index is -0.157. The van der Waals surface area contributed by atoms with E-state index in [0.29, 0.717) is 25.6 Å². The van der Waals surface area contributed by atoms with Crippen LogP contribution in [0.4, 0.5) is 10.7 Å². The molecule has 0 saturated carbocycles. The van der Waals surface area contributed by atoms with Crippen LogP contribution in [0.2, 0.25) is 0 Å². The van der Waals surface area contributed by atoms with Crippen LogP contribution in [0.15, 0.2) is 42.6 Å². The highest BCUT2D eigenvalue weighted by atomic mass is 16.6. The van der Waals surface area contributed by atoms with Gasteiger partial charge in [0, 0.05) is 44.0 Å². The molecule has 5 heterocycles. The van der Waals surface area contributed by atoms with Crippen LogP contribution in [-0.2, 0) is 4.74 Å². The maximum absolute atomic E-state index is 12.9.